The molecule has 0 aliphatic carbocycles. The Kier molecular flexibility index (Phi) is 4.16. The van der Waals surface area contributed by atoms with Crippen molar-refractivity contribution in [1.29, 1.82) is 0 Å². The van der Waals surface area contributed by atoms with Gasteiger partial charge in [0.05, 0.1) is 17.0 Å². The van der Waals surface area contributed by atoms with Crippen molar-refractivity contribution in [3.05, 3.63) is 46.0 Å². The smallest absolute Gasteiger partial charge is 0.261 e. The van der Waals surface area contributed by atoms with E-state index in [1.807, 2.05) is 0 Å². The van der Waals surface area contributed by atoms with Crippen LogP contribution < -0.4 is 5.56 Å². The number of sulfone groups is 1. The van der Waals surface area contributed by atoms with E-state index in [4.69, 9.17) is 0 Å². The lowest BCUT2D eigenvalue weighted by atomic mass is 10.1. The number of aromatic nitrogens is 1. The molecule has 0 saturated carbocycles. The van der Waals surface area contributed by atoms with Crippen LogP contribution in [0.25, 0.3) is 10.9 Å². The third kappa shape index (κ3) is 3.06. The number of halogens is 1. The van der Waals surface area contributed by atoms with Crippen LogP contribution in [-0.4, -0.2) is 48.3 Å². The van der Waals surface area contributed by atoms with E-state index in [0.29, 0.717) is 23.9 Å². The first-order valence-corrected chi connectivity index (χ1v) is 9.47. The van der Waals surface area contributed by atoms with Crippen molar-refractivity contribution >= 4 is 26.6 Å². The van der Waals surface area contributed by atoms with Crippen molar-refractivity contribution in [2.45, 2.75) is 19.4 Å². The fraction of sp³-hybridized carbons (Fsp3) is 0.375. The molecular weight excluding hydrogens is 335 g/mol. The summed E-state index contributed by atoms with van der Waals surface area (Å²) in [7, 11) is -3.14. The summed E-state index contributed by atoms with van der Waals surface area (Å²) in [5, 5.41) is 0.537. The highest BCUT2D eigenvalue weighted by molar-refractivity contribution is 7.91. The maximum Gasteiger partial charge on any atom is 0.261 e. The average molecular weight is 352 g/mol. The van der Waals surface area contributed by atoms with Gasteiger partial charge in [-0.05, 0) is 43.0 Å². The Bertz CT molecular complexity index is 968. The Hall–Kier alpha value is -2.22. The van der Waals surface area contributed by atoms with Gasteiger partial charge in [-0.15, -0.1) is 0 Å². The van der Waals surface area contributed by atoms with Gasteiger partial charge in [0.25, 0.3) is 11.5 Å². The molecule has 2 heterocycles. The third-order valence-electron chi connectivity index (χ3n) is 4.29. The molecule has 1 amide bonds. The summed E-state index contributed by atoms with van der Waals surface area (Å²) < 4.78 is 36.5. The maximum atomic E-state index is 13.2. The highest BCUT2D eigenvalue weighted by Crippen LogP contribution is 2.20. The molecule has 6 nitrogen and oxygen atoms in total. The van der Waals surface area contributed by atoms with Crippen LogP contribution in [-0.2, 0) is 9.84 Å². The standard InChI is InChI=1S/C16H17FN2O4S/c1-2-19(12-5-6-24(22,23)9-12)16(21)13-7-10-3-4-11(17)8-14(10)18-15(13)20/h3-4,7-8,12H,2,5-6,9H2,1H3,(H,18,20). The van der Waals surface area contributed by atoms with Crippen molar-refractivity contribution in [3.63, 3.8) is 0 Å². The molecule has 1 N–H and O–H groups in total. The van der Waals surface area contributed by atoms with Crippen LogP contribution in [0.2, 0.25) is 0 Å². The Morgan fingerprint density at radius 2 is 2.12 bits per heavy atom. The van der Waals surface area contributed by atoms with Crippen LogP contribution in [0.1, 0.15) is 23.7 Å². The molecular formula is C16H17FN2O4S. The number of nitrogens with one attached hydrogen (secondary N) is 1. The van der Waals surface area contributed by atoms with Crippen LogP contribution >= 0.6 is 0 Å². The molecule has 1 atom stereocenters. The van der Waals surface area contributed by atoms with E-state index in [1.165, 1.54) is 29.2 Å². The molecule has 1 unspecified atom stereocenters. The number of fused-ring (bicyclic) bond motifs is 1. The number of rotatable bonds is 3. The summed E-state index contributed by atoms with van der Waals surface area (Å²) in [4.78, 5) is 28.9. The van der Waals surface area contributed by atoms with Gasteiger partial charge in [0.1, 0.15) is 11.4 Å². The van der Waals surface area contributed by atoms with Crippen molar-refractivity contribution in [2.24, 2.45) is 0 Å². The first kappa shape index (κ1) is 16.6. The largest absolute Gasteiger partial charge is 0.335 e. The molecule has 8 heteroatoms. The number of hydrogen-bond donors (Lipinski definition) is 1. The van der Waals surface area contributed by atoms with E-state index in [1.54, 1.807) is 6.92 Å². The van der Waals surface area contributed by atoms with Gasteiger partial charge in [-0.2, -0.15) is 0 Å². The number of benzene rings is 1. The number of amides is 1. The summed E-state index contributed by atoms with van der Waals surface area (Å²) in [6.07, 6.45) is 0.374. The number of nitrogens with zero attached hydrogens (tertiary/aromatic N) is 1. The lowest BCUT2D eigenvalue weighted by Crippen LogP contribution is -2.42. The predicted molar refractivity (Wildman–Crippen MR) is 88.3 cm³/mol. The van der Waals surface area contributed by atoms with E-state index >= 15 is 0 Å². The second-order valence-corrected chi connectivity index (χ2v) is 8.12. The van der Waals surface area contributed by atoms with E-state index in [2.05, 4.69) is 4.98 Å². The zero-order valence-electron chi connectivity index (χ0n) is 13.1. The Balaban J connectivity index is 1.99. The van der Waals surface area contributed by atoms with Crippen molar-refractivity contribution in [1.82, 2.24) is 9.88 Å². The summed E-state index contributed by atoms with van der Waals surface area (Å²) >= 11 is 0. The Morgan fingerprint density at radius 3 is 2.75 bits per heavy atom. The second-order valence-electron chi connectivity index (χ2n) is 5.89. The fourth-order valence-corrected chi connectivity index (χ4v) is 4.81. The van der Waals surface area contributed by atoms with Crippen LogP contribution in [0.5, 0.6) is 0 Å². The molecule has 1 aromatic carbocycles. The number of carbonyl (C=O) groups is 1. The van der Waals surface area contributed by atoms with E-state index in [9.17, 15) is 22.4 Å². The van der Waals surface area contributed by atoms with Crippen LogP contribution in [0, 0.1) is 5.82 Å². The van der Waals surface area contributed by atoms with E-state index in [0.717, 1.165) is 0 Å². The number of H-pyrrole nitrogens is 1. The summed E-state index contributed by atoms with van der Waals surface area (Å²) in [6.45, 7) is 2.05. The van der Waals surface area contributed by atoms with E-state index < -0.39 is 33.2 Å². The summed E-state index contributed by atoms with van der Waals surface area (Å²) in [6, 6.07) is 4.91. The summed E-state index contributed by atoms with van der Waals surface area (Å²) in [5.41, 5.74) is -0.374. The van der Waals surface area contributed by atoms with E-state index in [-0.39, 0.29) is 17.1 Å². The SMILES string of the molecule is CCN(C(=O)c1cc2ccc(F)cc2[nH]c1=O)C1CCS(=O)(=O)C1. The van der Waals surface area contributed by atoms with Gasteiger partial charge >= 0.3 is 0 Å². The van der Waals surface area contributed by atoms with Crippen molar-refractivity contribution in [2.75, 3.05) is 18.1 Å². The van der Waals surface area contributed by atoms with Gasteiger partial charge in [0.15, 0.2) is 9.84 Å². The molecule has 3 rings (SSSR count). The Morgan fingerprint density at radius 1 is 1.38 bits per heavy atom. The molecule has 0 spiro atoms. The van der Waals surface area contributed by atoms with Crippen LogP contribution in [0.4, 0.5) is 4.39 Å². The number of pyridine rings is 1. The lowest BCUT2D eigenvalue weighted by Gasteiger charge is -2.26. The molecule has 1 aliphatic rings. The minimum absolute atomic E-state index is 0.0504. The van der Waals surface area contributed by atoms with Gasteiger partial charge < -0.3 is 9.88 Å². The molecule has 0 radical (unpaired) electrons. The first-order chi connectivity index (χ1) is 11.3. The minimum atomic E-state index is -3.14. The lowest BCUT2D eigenvalue weighted by molar-refractivity contribution is 0.0707. The number of carbonyl (C=O) groups excluding carboxylic acids is 1. The van der Waals surface area contributed by atoms with Crippen molar-refractivity contribution < 1.29 is 17.6 Å². The minimum Gasteiger partial charge on any atom is -0.335 e. The highest BCUT2D eigenvalue weighted by Gasteiger charge is 2.34. The monoisotopic (exact) mass is 352 g/mol. The third-order valence-corrected chi connectivity index (χ3v) is 6.04. The average Bonchev–Trinajstić information content (AvgIpc) is 2.87. The normalized spacial score (nSPS) is 19.5. The molecule has 1 saturated heterocycles. The molecule has 24 heavy (non-hydrogen) atoms. The van der Waals surface area contributed by atoms with Crippen LogP contribution in [0.3, 0.4) is 0 Å². The molecule has 1 aromatic heterocycles. The number of hydrogen-bond acceptors (Lipinski definition) is 4. The zero-order chi connectivity index (χ0) is 17.5. The molecule has 1 fully saturated rings. The highest BCUT2D eigenvalue weighted by atomic mass is 32.2. The number of aromatic amines is 1. The fourth-order valence-electron chi connectivity index (χ4n) is 3.08. The topological polar surface area (TPSA) is 87.3 Å². The van der Waals surface area contributed by atoms with Crippen LogP contribution in [0.15, 0.2) is 29.1 Å². The van der Waals surface area contributed by atoms with Crippen molar-refractivity contribution in [3.8, 4) is 0 Å². The zero-order valence-corrected chi connectivity index (χ0v) is 13.9. The molecule has 0 bridgehead atoms. The Labute approximate surface area is 138 Å². The van der Waals surface area contributed by atoms with Gasteiger partial charge in [-0.1, -0.05) is 0 Å². The second kappa shape index (κ2) is 6.01. The van der Waals surface area contributed by atoms with Gasteiger partial charge in [0.2, 0.25) is 0 Å². The van der Waals surface area contributed by atoms with Gasteiger partial charge in [-0.3, -0.25) is 9.59 Å². The first-order valence-electron chi connectivity index (χ1n) is 7.64. The predicted octanol–water partition coefficient (Wildman–Crippen LogP) is 1.32. The quantitative estimate of drug-likeness (QED) is 0.902. The maximum absolute atomic E-state index is 13.2. The van der Waals surface area contributed by atoms with Gasteiger partial charge in [-0.25, -0.2) is 12.8 Å². The molecule has 2 aromatic rings. The summed E-state index contributed by atoms with van der Waals surface area (Å²) in [5.74, 6) is -1.02. The molecule has 128 valence electrons. The van der Waals surface area contributed by atoms with Gasteiger partial charge in [0, 0.05) is 12.6 Å². The molecule has 1 aliphatic heterocycles.